The van der Waals surface area contributed by atoms with Crippen molar-refractivity contribution >= 4 is 51.9 Å². The highest BCUT2D eigenvalue weighted by molar-refractivity contribution is 6.25. The van der Waals surface area contributed by atoms with Gasteiger partial charge in [0, 0.05) is 53.6 Å². The molecule has 240 valence electrons. The van der Waals surface area contributed by atoms with Gasteiger partial charge >= 0.3 is 0 Å². The van der Waals surface area contributed by atoms with Crippen LogP contribution in [-0.2, 0) is 16.0 Å². The average Bonchev–Trinajstić information content (AvgIpc) is 3.75. The number of benzene rings is 2. The number of amides is 5. The van der Waals surface area contributed by atoms with Gasteiger partial charge in [0.05, 0.1) is 16.6 Å². The second-order valence-electron chi connectivity index (χ2n) is 12.4. The van der Waals surface area contributed by atoms with E-state index in [4.69, 9.17) is 0 Å². The highest BCUT2D eigenvalue weighted by Crippen LogP contribution is 2.33. The number of imide groups is 2. The molecule has 7 rings (SSSR count). The van der Waals surface area contributed by atoms with Crippen molar-refractivity contribution in [1.82, 2.24) is 25.1 Å². The van der Waals surface area contributed by atoms with Crippen molar-refractivity contribution in [2.75, 3.05) is 30.8 Å². The van der Waals surface area contributed by atoms with Crippen molar-refractivity contribution in [3.05, 3.63) is 88.7 Å². The van der Waals surface area contributed by atoms with Gasteiger partial charge in [0.25, 0.3) is 17.7 Å². The molecule has 12 nitrogen and oxygen atoms in total. The van der Waals surface area contributed by atoms with Gasteiger partial charge in [-0.15, -0.1) is 0 Å². The Bertz CT molecular complexity index is 1920. The van der Waals surface area contributed by atoms with E-state index in [0.717, 1.165) is 47.2 Å². The van der Waals surface area contributed by atoms with Crippen molar-refractivity contribution in [3.8, 4) is 0 Å². The van der Waals surface area contributed by atoms with Gasteiger partial charge in [-0.2, -0.15) is 0 Å². The molecule has 4 aromatic rings. The maximum Gasteiger partial charge on any atom is 0.264 e. The lowest BCUT2D eigenvalue weighted by molar-refractivity contribution is -0.136. The molecule has 4 N–H and O–H groups in total. The maximum absolute atomic E-state index is 13.3. The number of nitrogens with one attached hydrogen (secondary N) is 4. The maximum atomic E-state index is 13.3. The fourth-order valence-electron chi connectivity index (χ4n) is 6.79. The number of fused-ring (bicyclic) bond motifs is 2. The molecule has 0 aliphatic carbocycles. The number of nitrogens with zero attached hydrogens (tertiary/aromatic N) is 3. The molecule has 2 fully saturated rings. The first kappa shape index (κ1) is 30.3. The van der Waals surface area contributed by atoms with Crippen molar-refractivity contribution < 1.29 is 24.0 Å². The summed E-state index contributed by atoms with van der Waals surface area (Å²) in [6.45, 7) is 1.62. The molecule has 2 saturated heterocycles. The molecule has 5 heterocycles. The molecular weight excluding hydrogens is 598 g/mol. The second-order valence-corrected chi connectivity index (χ2v) is 12.4. The normalized spacial score (nSPS) is 19.7. The molecule has 0 spiro atoms. The number of carbonyl (C=O) groups excluding carboxylic acids is 5. The molecular formula is C35H35N7O5. The number of hydrogen-bond donors (Lipinski definition) is 4. The lowest BCUT2D eigenvalue weighted by Crippen LogP contribution is -2.54. The molecule has 12 heteroatoms. The fraction of sp³-hybridized carbons (Fsp3) is 0.314. The molecule has 2 aromatic heterocycles. The third-order valence-electron chi connectivity index (χ3n) is 9.29. The summed E-state index contributed by atoms with van der Waals surface area (Å²) < 4.78 is 0. The molecule has 47 heavy (non-hydrogen) atoms. The Balaban J connectivity index is 0.928. The summed E-state index contributed by atoms with van der Waals surface area (Å²) in [7, 11) is 2.14. The van der Waals surface area contributed by atoms with Crippen molar-refractivity contribution in [3.63, 3.8) is 0 Å². The summed E-state index contributed by atoms with van der Waals surface area (Å²) in [5.74, 6) is -1.87. The number of aromatic amines is 1. The van der Waals surface area contributed by atoms with E-state index in [0.29, 0.717) is 29.7 Å². The van der Waals surface area contributed by atoms with Gasteiger partial charge in [0.1, 0.15) is 11.9 Å². The van der Waals surface area contributed by atoms with Gasteiger partial charge < -0.3 is 15.6 Å². The number of piperidine rings is 1. The Hall–Kier alpha value is -5.36. The molecule has 0 radical (unpaired) electrons. The molecule has 2 aromatic carbocycles. The van der Waals surface area contributed by atoms with Crippen LogP contribution < -0.4 is 16.0 Å². The zero-order chi connectivity index (χ0) is 32.7. The number of rotatable bonds is 9. The van der Waals surface area contributed by atoms with E-state index in [1.54, 1.807) is 36.5 Å². The summed E-state index contributed by atoms with van der Waals surface area (Å²) in [6, 6.07) is 15.8. The van der Waals surface area contributed by atoms with Crippen molar-refractivity contribution in [2.24, 2.45) is 0 Å². The van der Waals surface area contributed by atoms with Gasteiger partial charge in [0.2, 0.25) is 11.8 Å². The summed E-state index contributed by atoms with van der Waals surface area (Å²) in [6.07, 6.45) is 5.72. The lowest BCUT2D eigenvalue weighted by Gasteiger charge is -2.27. The summed E-state index contributed by atoms with van der Waals surface area (Å²) >= 11 is 0. The first-order valence-corrected chi connectivity index (χ1v) is 15.9. The predicted octanol–water partition coefficient (Wildman–Crippen LogP) is 4.03. The molecule has 0 saturated carbocycles. The van der Waals surface area contributed by atoms with E-state index in [1.165, 1.54) is 12.1 Å². The van der Waals surface area contributed by atoms with E-state index in [-0.39, 0.29) is 29.9 Å². The van der Waals surface area contributed by atoms with Gasteiger partial charge in [-0.3, -0.25) is 39.1 Å². The summed E-state index contributed by atoms with van der Waals surface area (Å²) in [5, 5.41) is 9.40. The number of hydrogen-bond acceptors (Lipinski definition) is 8. The summed E-state index contributed by atoms with van der Waals surface area (Å²) in [4.78, 5) is 74.5. The molecule has 1 unspecified atom stereocenters. The minimum atomic E-state index is -1.01. The van der Waals surface area contributed by atoms with E-state index in [2.05, 4.69) is 43.9 Å². The van der Waals surface area contributed by atoms with Crippen LogP contribution in [0.4, 0.5) is 11.5 Å². The topological polar surface area (TPSA) is 157 Å². The van der Waals surface area contributed by atoms with Gasteiger partial charge in [-0.25, -0.2) is 4.98 Å². The Morgan fingerprint density at radius 3 is 2.60 bits per heavy atom. The average molecular weight is 634 g/mol. The zero-order valence-corrected chi connectivity index (χ0v) is 26.0. The van der Waals surface area contributed by atoms with Crippen molar-refractivity contribution in [1.29, 1.82) is 0 Å². The first-order valence-electron chi connectivity index (χ1n) is 15.9. The zero-order valence-electron chi connectivity index (χ0n) is 26.0. The third-order valence-corrected chi connectivity index (χ3v) is 9.29. The minimum absolute atomic E-state index is 0.0708. The van der Waals surface area contributed by atoms with Gasteiger partial charge in [-0.05, 0) is 81.6 Å². The Morgan fingerprint density at radius 1 is 1.00 bits per heavy atom. The van der Waals surface area contributed by atoms with Crippen LogP contribution in [0.2, 0.25) is 0 Å². The SMILES string of the molecule is CN1CCC[C@H]1c1cc2cnc(NC(=O)c3ccc(CCCNc4cccc5c4C(=O)N(C4CCC(=O)NC4=O)C5=O)cc3)cc2[nH]1. The number of likely N-dealkylation sites (tertiary alicyclic amines) is 1. The summed E-state index contributed by atoms with van der Waals surface area (Å²) in [5.41, 5.74) is 4.69. The monoisotopic (exact) mass is 633 g/mol. The first-order chi connectivity index (χ1) is 22.8. The number of aryl methyl sites for hydroxylation is 1. The smallest absolute Gasteiger partial charge is 0.264 e. The van der Waals surface area contributed by atoms with Crippen molar-refractivity contribution in [2.45, 2.75) is 50.6 Å². The van der Waals surface area contributed by atoms with Crippen LogP contribution in [-0.4, -0.2) is 75.5 Å². The van der Waals surface area contributed by atoms with Crippen LogP contribution in [0.5, 0.6) is 0 Å². The Kier molecular flexibility index (Phi) is 8.02. The molecule has 3 aliphatic heterocycles. The van der Waals surface area contributed by atoms with Crippen LogP contribution >= 0.6 is 0 Å². The second kappa shape index (κ2) is 12.4. The number of H-pyrrole nitrogens is 1. The van der Waals surface area contributed by atoms with Crippen LogP contribution in [0.3, 0.4) is 0 Å². The number of carbonyl (C=O) groups is 5. The largest absolute Gasteiger partial charge is 0.384 e. The standard InChI is InChI=1S/C35H35N7O5/c1-41-16-4-8-27(41)26-17-22-19-37-29(18-25(22)38-26)39-32(44)21-11-9-20(10-12-21)5-3-15-36-24-7-2-6-23-31(24)35(47)42(34(23)46)28-13-14-30(43)40-33(28)45/h2,6-7,9-12,17-19,27-28,36,38H,3-5,8,13-16H2,1H3,(H,37,39,44)(H,40,43,45)/t27-,28?/m0/s1. The van der Waals surface area contributed by atoms with E-state index in [1.807, 2.05) is 18.2 Å². The van der Waals surface area contributed by atoms with E-state index in [9.17, 15) is 24.0 Å². The minimum Gasteiger partial charge on any atom is -0.384 e. The predicted molar refractivity (Wildman–Crippen MR) is 175 cm³/mol. The lowest BCUT2D eigenvalue weighted by atomic mass is 10.0. The van der Waals surface area contributed by atoms with Crippen LogP contribution in [0.1, 0.15) is 80.5 Å². The molecule has 2 atom stereocenters. The molecule has 0 bridgehead atoms. The van der Waals surface area contributed by atoms with Crippen LogP contribution in [0.25, 0.3) is 10.9 Å². The quantitative estimate of drug-likeness (QED) is 0.159. The third kappa shape index (κ3) is 5.87. The Labute approximate surface area is 270 Å². The van der Waals surface area contributed by atoms with E-state index >= 15 is 0 Å². The number of aromatic nitrogens is 2. The molecule has 5 amide bonds. The Morgan fingerprint density at radius 2 is 1.83 bits per heavy atom. The number of anilines is 2. The van der Waals surface area contributed by atoms with Crippen LogP contribution in [0, 0.1) is 0 Å². The highest BCUT2D eigenvalue weighted by atomic mass is 16.2. The molecule has 3 aliphatic rings. The van der Waals surface area contributed by atoms with Gasteiger partial charge in [0.15, 0.2) is 0 Å². The van der Waals surface area contributed by atoms with Crippen LogP contribution in [0.15, 0.2) is 60.8 Å². The van der Waals surface area contributed by atoms with E-state index < -0.39 is 29.7 Å². The van der Waals surface area contributed by atoms with Gasteiger partial charge in [-0.1, -0.05) is 18.2 Å². The number of pyridine rings is 1. The fourth-order valence-corrected chi connectivity index (χ4v) is 6.79. The highest BCUT2D eigenvalue weighted by Gasteiger charge is 2.45.